The quantitative estimate of drug-likeness (QED) is 0.755. The summed E-state index contributed by atoms with van der Waals surface area (Å²) in [5.74, 6) is 0. The molecule has 1 atom stereocenters. The molecule has 0 radical (unpaired) electrons. The summed E-state index contributed by atoms with van der Waals surface area (Å²) in [5, 5.41) is -0.944. The minimum absolute atomic E-state index is 0.243. The summed E-state index contributed by atoms with van der Waals surface area (Å²) >= 11 is 0. The van der Waals surface area contributed by atoms with Crippen molar-refractivity contribution in [3.8, 4) is 0 Å². The van der Waals surface area contributed by atoms with E-state index >= 15 is 0 Å². The number of sulfone groups is 1. The average molecular weight is 237 g/mol. The number of hydrogen-bond acceptors (Lipinski definition) is 2. The maximum Gasteiger partial charge on any atom is 0.325 e. The molecule has 1 aromatic rings. The van der Waals surface area contributed by atoms with Crippen LogP contribution in [0.3, 0.4) is 0 Å². The van der Waals surface area contributed by atoms with Crippen LogP contribution in [0.15, 0.2) is 29.2 Å². The van der Waals surface area contributed by atoms with E-state index in [1.54, 1.807) is 24.3 Å². The number of nitrogens with zero attached hydrogens (tertiary/aromatic N) is 1. The first kappa shape index (κ1) is 12.7. The first-order valence-corrected chi connectivity index (χ1v) is 6.74. The smallest absolute Gasteiger partial charge is 0.296 e. The molecule has 0 aliphatic heterocycles. The predicted molar refractivity (Wildman–Crippen MR) is 63.7 cm³/mol. The molecule has 0 saturated carbocycles. The van der Waals surface area contributed by atoms with E-state index in [0.29, 0.717) is 12.8 Å². The Bertz CT molecular complexity index is 483. The molecule has 1 unspecified atom stereocenters. The maximum absolute atomic E-state index is 12.1. The van der Waals surface area contributed by atoms with Gasteiger partial charge in [-0.15, -0.1) is 0 Å². The summed E-state index contributed by atoms with van der Waals surface area (Å²) in [6.45, 7) is 10.7. The predicted octanol–water partition coefficient (Wildman–Crippen LogP) is 2.81. The molecule has 0 N–H and O–H groups in total. The molecule has 0 spiro atoms. The maximum atomic E-state index is 12.1. The Morgan fingerprint density at radius 3 is 2.31 bits per heavy atom. The van der Waals surface area contributed by atoms with E-state index in [4.69, 9.17) is 6.57 Å². The first-order valence-electron chi connectivity index (χ1n) is 5.19. The third-order valence-corrected chi connectivity index (χ3v) is 4.37. The van der Waals surface area contributed by atoms with Crippen LogP contribution in [-0.2, 0) is 9.84 Å². The van der Waals surface area contributed by atoms with Gasteiger partial charge in [-0.2, -0.15) is 0 Å². The molecule has 0 bridgehead atoms. The zero-order valence-electron chi connectivity index (χ0n) is 9.47. The van der Waals surface area contributed by atoms with Crippen molar-refractivity contribution in [2.24, 2.45) is 0 Å². The molecule has 0 aliphatic rings. The monoisotopic (exact) mass is 237 g/mol. The normalized spacial score (nSPS) is 13.1. The van der Waals surface area contributed by atoms with Gasteiger partial charge in [0.25, 0.3) is 9.84 Å². The fourth-order valence-corrected chi connectivity index (χ4v) is 2.94. The molecule has 0 amide bonds. The van der Waals surface area contributed by atoms with Crippen molar-refractivity contribution in [3.05, 3.63) is 41.2 Å². The lowest BCUT2D eigenvalue weighted by Gasteiger charge is -2.06. The van der Waals surface area contributed by atoms with Crippen LogP contribution in [0.2, 0.25) is 0 Å². The molecule has 0 saturated heterocycles. The Labute approximate surface area is 96.8 Å². The number of aryl methyl sites for hydroxylation is 1. The highest BCUT2D eigenvalue weighted by Gasteiger charge is 2.31. The van der Waals surface area contributed by atoms with Gasteiger partial charge in [0, 0.05) is 6.42 Å². The van der Waals surface area contributed by atoms with Crippen molar-refractivity contribution >= 4 is 9.84 Å². The van der Waals surface area contributed by atoms with E-state index in [2.05, 4.69) is 4.85 Å². The van der Waals surface area contributed by atoms with Crippen LogP contribution >= 0.6 is 0 Å². The summed E-state index contributed by atoms with van der Waals surface area (Å²) in [5.41, 5.74) is 1.01. The summed E-state index contributed by atoms with van der Waals surface area (Å²) < 4.78 is 24.1. The SMILES string of the molecule is [C-]#[N+]C(CCC)S(=O)(=O)c1ccc(C)cc1. The third-order valence-electron chi connectivity index (χ3n) is 2.39. The third kappa shape index (κ3) is 2.61. The van der Waals surface area contributed by atoms with Crippen molar-refractivity contribution in [3.63, 3.8) is 0 Å². The van der Waals surface area contributed by atoms with Crippen LogP contribution in [0.5, 0.6) is 0 Å². The van der Waals surface area contributed by atoms with Gasteiger partial charge in [-0.25, -0.2) is 15.0 Å². The Balaban J connectivity index is 3.11. The van der Waals surface area contributed by atoms with Crippen molar-refractivity contribution in [2.75, 3.05) is 0 Å². The molecular weight excluding hydrogens is 222 g/mol. The first-order chi connectivity index (χ1) is 7.52. The van der Waals surface area contributed by atoms with Gasteiger partial charge in [0.1, 0.15) is 0 Å². The second-order valence-electron chi connectivity index (χ2n) is 3.73. The molecule has 86 valence electrons. The molecule has 0 heterocycles. The highest BCUT2D eigenvalue weighted by molar-refractivity contribution is 7.92. The molecule has 1 rings (SSSR count). The molecule has 16 heavy (non-hydrogen) atoms. The number of hydrogen-bond donors (Lipinski definition) is 0. The standard InChI is InChI=1S/C12H15NO2S/c1-4-5-12(13-3)16(14,15)11-8-6-10(2)7-9-11/h6-9,12H,4-5H2,1-2H3. The fourth-order valence-electron chi connectivity index (χ4n) is 1.42. The van der Waals surface area contributed by atoms with Crippen LogP contribution < -0.4 is 0 Å². The van der Waals surface area contributed by atoms with Crippen molar-refractivity contribution in [2.45, 2.75) is 37.0 Å². The van der Waals surface area contributed by atoms with Crippen LogP contribution in [0.1, 0.15) is 25.3 Å². The lowest BCUT2D eigenvalue weighted by molar-refractivity contribution is 0.582. The van der Waals surface area contributed by atoms with Crippen LogP contribution in [0, 0.1) is 13.5 Å². The van der Waals surface area contributed by atoms with E-state index in [9.17, 15) is 8.42 Å². The van der Waals surface area contributed by atoms with Crippen molar-refractivity contribution in [1.29, 1.82) is 0 Å². The number of rotatable bonds is 4. The Hall–Kier alpha value is -1.34. The zero-order chi connectivity index (χ0) is 12.2. The fraction of sp³-hybridized carbons (Fsp3) is 0.417. The van der Waals surface area contributed by atoms with Crippen LogP contribution in [0.25, 0.3) is 4.85 Å². The Kier molecular flexibility index (Phi) is 4.08. The molecule has 3 nitrogen and oxygen atoms in total. The molecule has 4 heteroatoms. The van der Waals surface area contributed by atoms with Gasteiger partial charge in [0.2, 0.25) is 0 Å². The number of benzene rings is 1. The van der Waals surface area contributed by atoms with Gasteiger partial charge in [0.05, 0.1) is 4.90 Å². The van der Waals surface area contributed by atoms with Crippen LogP contribution in [-0.4, -0.2) is 13.8 Å². The van der Waals surface area contributed by atoms with Gasteiger partial charge in [0.15, 0.2) is 0 Å². The lowest BCUT2D eigenvalue weighted by Crippen LogP contribution is -2.17. The van der Waals surface area contributed by atoms with Gasteiger partial charge in [-0.1, -0.05) is 24.6 Å². The highest BCUT2D eigenvalue weighted by Crippen LogP contribution is 2.20. The van der Waals surface area contributed by atoms with Crippen LogP contribution in [0.4, 0.5) is 0 Å². The van der Waals surface area contributed by atoms with Gasteiger partial charge in [-0.05, 0) is 25.5 Å². The van der Waals surface area contributed by atoms with Gasteiger partial charge >= 0.3 is 5.37 Å². The minimum atomic E-state index is -3.48. The molecule has 0 aromatic heterocycles. The minimum Gasteiger partial charge on any atom is -0.296 e. The van der Waals surface area contributed by atoms with Crippen molar-refractivity contribution in [1.82, 2.24) is 0 Å². The van der Waals surface area contributed by atoms with E-state index in [0.717, 1.165) is 5.56 Å². The van der Waals surface area contributed by atoms with E-state index in [1.165, 1.54) is 0 Å². The topological polar surface area (TPSA) is 38.5 Å². The largest absolute Gasteiger partial charge is 0.325 e. The van der Waals surface area contributed by atoms with E-state index in [1.807, 2.05) is 13.8 Å². The molecule has 0 fully saturated rings. The van der Waals surface area contributed by atoms with E-state index < -0.39 is 15.2 Å². The summed E-state index contributed by atoms with van der Waals surface area (Å²) in [6.07, 6.45) is 1.08. The molecular formula is C12H15NO2S. The van der Waals surface area contributed by atoms with E-state index in [-0.39, 0.29) is 4.90 Å². The summed E-state index contributed by atoms with van der Waals surface area (Å²) in [4.78, 5) is 3.45. The Morgan fingerprint density at radius 1 is 1.31 bits per heavy atom. The Morgan fingerprint density at radius 2 is 1.88 bits per heavy atom. The molecule has 0 aliphatic carbocycles. The summed E-state index contributed by atoms with van der Waals surface area (Å²) in [6, 6.07) is 6.64. The summed E-state index contributed by atoms with van der Waals surface area (Å²) in [7, 11) is -3.48. The van der Waals surface area contributed by atoms with Crippen molar-refractivity contribution < 1.29 is 8.42 Å². The highest BCUT2D eigenvalue weighted by atomic mass is 32.2. The van der Waals surface area contributed by atoms with Gasteiger partial charge in [-0.3, -0.25) is 4.85 Å². The van der Waals surface area contributed by atoms with Gasteiger partial charge < -0.3 is 0 Å². The average Bonchev–Trinajstić information content (AvgIpc) is 2.26. The second kappa shape index (κ2) is 5.13. The second-order valence-corrected chi connectivity index (χ2v) is 5.84. The lowest BCUT2D eigenvalue weighted by atomic mass is 10.2. The zero-order valence-corrected chi connectivity index (χ0v) is 10.3. The molecule has 1 aromatic carbocycles.